The summed E-state index contributed by atoms with van der Waals surface area (Å²) in [5.74, 6) is 1.08. The Morgan fingerprint density at radius 2 is 1.69 bits per heavy atom. The lowest BCUT2D eigenvalue weighted by Gasteiger charge is -2.14. The van der Waals surface area contributed by atoms with Crippen molar-refractivity contribution in [3.8, 4) is 17.2 Å². The number of rotatable bonds is 9. The van der Waals surface area contributed by atoms with Crippen LogP contribution in [0.2, 0.25) is 10.0 Å². The van der Waals surface area contributed by atoms with Crippen molar-refractivity contribution < 1.29 is 23.8 Å². The van der Waals surface area contributed by atoms with Crippen LogP contribution >= 0.6 is 50.9 Å². The number of hydrogen-bond donors (Lipinski definition) is 0. The first-order valence-corrected chi connectivity index (χ1v) is 13.1. The number of nitrogens with zero attached hydrogens (tertiary/aromatic N) is 1. The van der Waals surface area contributed by atoms with Gasteiger partial charge in [0.15, 0.2) is 11.5 Å². The van der Waals surface area contributed by atoms with Gasteiger partial charge in [-0.3, -0.25) is 14.5 Å². The molecule has 10 heteroatoms. The highest BCUT2D eigenvalue weighted by Gasteiger charge is 2.35. The number of amides is 2. The van der Waals surface area contributed by atoms with Gasteiger partial charge in [-0.2, -0.15) is 0 Å². The second kappa shape index (κ2) is 12.1. The van der Waals surface area contributed by atoms with Crippen molar-refractivity contribution >= 4 is 68.1 Å². The van der Waals surface area contributed by atoms with Gasteiger partial charge in [-0.25, -0.2) is 0 Å². The first-order chi connectivity index (χ1) is 17.4. The molecule has 0 N–H and O–H groups in total. The lowest BCUT2D eigenvalue weighted by Crippen LogP contribution is -2.32. The third-order valence-corrected chi connectivity index (χ3v) is 7.34. The number of imide groups is 1. The normalized spacial score (nSPS) is 14.4. The van der Waals surface area contributed by atoms with E-state index in [-0.39, 0.29) is 30.9 Å². The minimum absolute atomic E-state index is 0.106. The van der Waals surface area contributed by atoms with E-state index in [2.05, 4.69) is 15.9 Å². The molecule has 36 heavy (non-hydrogen) atoms. The Bertz CT molecular complexity index is 1330. The van der Waals surface area contributed by atoms with Crippen LogP contribution in [0.25, 0.3) is 6.08 Å². The molecule has 0 spiro atoms. The van der Waals surface area contributed by atoms with Gasteiger partial charge >= 0.3 is 0 Å². The molecular weight excluding hydrogens is 589 g/mol. The Balaban J connectivity index is 1.45. The predicted octanol–water partition coefficient (Wildman–Crippen LogP) is 7.46. The molecule has 0 saturated carbocycles. The van der Waals surface area contributed by atoms with Crippen molar-refractivity contribution in [2.75, 3.05) is 20.3 Å². The molecule has 1 aliphatic heterocycles. The molecule has 2 amide bonds. The number of carbonyl (C=O) groups is 2. The molecule has 1 heterocycles. The van der Waals surface area contributed by atoms with Gasteiger partial charge in [-0.1, -0.05) is 53.5 Å². The maximum absolute atomic E-state index is 12.9. The molecular formula is C26H20BrCl2NO5S. The van der Waals surface area contributed by atoms with E-state index in [1.54, 1.807) is 48.5 Å². The third-order valence-electron chi connectivity index (χ3n) is 5.16. The van der Waals surface area contributed by atoms with Gasteiger partial charge in [0.05, 0.1) is 28.1 Å². The van der Waals surface area contributed by atoms with Gasteiger partial charge in [0.25, 0.3) is 11.1 Å². The Morgan fingerprint density at radius 3 is 2.42 bits per heavy atom. The monoisotopic (exact) mass is 607 g/mol. The van der Waals surface area contributed by atoms with Crippen LogP contribution < -0.4 is 14.2 Å². The Kier molecular flexibility index (Phi) is 8.85. The number of thioether (sulfide) groups is 1. The molecule has 1 aliphatic rings. The molecule has 6 nitrogen and oxygen atoms in total. The molecule has 1 fully saturated rings. The summed E-state index contributed by atoms with van der Waals surface area (Å²) in [5, 5.41) is 0.710. The Hall–Kier alpha value is -2.65. The standard InChI is InChI=1S/C26H20BrCl2NO5S/c1-33-22-13-16(12-18(27)24(22)35-15-17-6-2-3-7-19(17)28)14-23-25(31)30(26(32)36-23)10-11-34-21-9-5-4-8-20(21)29/h2-9,12-14H,10-11,15H2,1H3/b23-14-. The minimum Gasteiger partial charge on any atom is -0.493 e. The van der Waals surface area contributed by atoms with Gasteiger partial charge in [0.2, 0.25) is 0 Å². The lowest BCUT2D eigenvalue weighted by atomic mass is 10.1. The summed E-state index contributed by atoms with van der Waals surface area (Å²) < 4.78 is 17.7. The van der Waals surface area contributed by atoms with E-state index >= 15 is 0 Å². The molecule has 0 bridgehead atoms. The number of benzene rings is 3. The fourth-order valence-corrected chi connectivity index (χ4v) is 5.20. The van der Waals surface area contributed by atoms with E-state index in [0.29, 0.717) is 42.2 Å². The van der Waals surface area contributed by atoms with E-state index in [4.69, 9.17) is 37.4 Å². The van der Waals surface area contributed by atoms with Crippen LogP contribution in [0.15, 0.2) is 70.0 Å². The van der Waals surface area contributed by atoms with Crippen LogP contribution in [0.4, 0.5) is 4.79 Å². The predicted molar refractivity (Wildman–Crippen MR) is 146 cm³/mol. The number of ether oxygens (including phenoxy) is 3. The SMILES string of the molecule is COc1cc(/C=C2\SC(=O)N(CCOc3ccccc3Cl)C2=O)cc(Br)c1OCc1ccccc1Cl. The summed E-state index contributed by atoms with van der Waals surface area (Å²) in [6, 6.07) is 18.0. The first kappa shape index (κ1) is 26.4. The number of halogens is 3. The summed E-state index contributed by atoms with van der Waals surface area (Å²) in [7, 11) is 1.53. The van der Waals surface area contributed by atoms with Crippen molar-refractivity contribution in [1.82, 2.24) is 4.90 Å². The minimum atomic E-state index is -0.387. The van der Waals surface area contributed by atoms with Crippen molar-refractivity contribution in [1.29, 1.82) is 0 Å². The highest BCUT2D eigenvalue weighted by atomic mass is 79.9. The van der Waals surface area contributed by atoms with Gasteiger partial charge < -0.3 is 14.2 Å². The van der Waals surface area contributed by atoms with Crippen molar-refractivity contribution in [3.63, 3.8) is 0 Å². The number of para-hydroxylation sites is 1. The molecule has 3 aromatic rings. The third kappa shape index (κ3) is 6.18. The van der Waals surface area contributed by atoms with Crippen LogP contribution in [0.1, 0.15) is 11.1 Å². The summed E-state index contributed by atoms with van der Waals surface area (Å²) in [6.07, 6.45) is 1.64. The topological polar surface area (TPSA) is 65.1 Å². The zero-order valence-electron chi connectivity index (χ0n) is 19.0. The van der Waals surface area contributed by atoms with Crippen LogP contribution in [-0.4, -0.2) is 36.3 Å². The van der Waals surface area contributed by atoms with E-state index in [9.17, 15) is 9.59 Å². The quantitative estimate of drug-likeness (QED) is 0.235. The number of hydrogen-bond acceptors (Lipinski definition) is 6. The van der Waals surface area contributed by atoms with E-state index in [1.807, 2.05) is 18.2 Å². The van der Waals surface area contributed by atoms with Crippen LogP contribution in [0, 0.1) is 0 Å². The van der Waals surface area contributed by atoms with E-state index in [0.717, 1.165) is 22.2 Å². The van der Waals surface area contributed by atoms with Crippen LogP contribution in [-0.2, 0) is 11.4 Å². The average molecular weight is 609 g/mol. The van der Waals surface area contributed by atoms with Crippen molar-refractivity contribution in [2.45, 2.75) is 6.61 Å². The largest absolute Gasteiger partial charge is 0.493 e. The zero-order chi connectivity index (χ0) is 25.7. The molecule has 3 aromatic carbocycles. The Morgan fingerprint density at radius 1 is 0.972 bits per heavy atom. The maximum Gasteiger partial charge on any atom is 0.293 e. The molecule has 4 rings (SSSR count). The highest BCUT2D eigenvalue weighted by Crippen LogP contribution is 2.39. The molecule has 0 aromatic heterocycles. The highest BCUT2D eigenvalue weighted by molar-refractivity contribution is 9.10. The van der Waals surface area contributed by atoms with Crippen LogP contribution in [0.3, 0.4) is 0 Å². The molecule has 1 saturated heterocycles. The Labute approximate surface area is 231 Å². The van der Waals surface area contributed by atoms with Crippen molar-refractivity contribution in [3.05, 3.63) is 91.2 Å². The molecule has 186 valence electrons. The summed E-state index contributed by atoms with van der Waals surface area (Å²) in [5.41, 5.74) is 1.51. The maximum atomic E-state index is 12.9. The summed E-state index contributed by atoms with van der Waals surface area (Å²) in [4.78, 5) is 26.8. The van der Waals surface area contributed by atoms with Gasteiger partial charge in [-0.15, -0.1) is 0 Å². The second-order valence-corrected chi connectivity index (χ2v) is 10.2. The molecule has 0 aliphatic carbocycles. The number of carbonyl (C=O) groups excluding carboxylic acids is 2. The average Bonchev–Trinajstić information content (AvgIpc) is 3.12. The fraction of sp³-hybridized carbons (Fsp3) is 0.154. The molecule has 0 atom stereocenters. The fourth-order valence-electron chi connectivity index (χ4n) is 3.38. The van der Waals surface area contributed by atoms with Crippen LogP contribution in [0.5, 0.6) is 17.2 Å². The van der Waals surface area contributed by atoms with E-state index < -0.39 is 0 Å². The number of methoxy groups -OCH3 is 1. The second-order valence-electron chi connectivity index (χ2n) is 7.53. The summed E-state index contributed by atoms with van der Waals surface area (Å²) >= 11 is 16.7. The van der Waals surface area contributed by atoms with E-state index in [1.165, 1.54) is 7.11 Å². The zero-order valence-corrected chi connectivity index (χ0v) is 22.9. The lowest BCUT2D eigenvalue weighted by molar-refractivity contribution is -0.123. The van der Waals surface area contributed by atoms with Gasteiger partial charge in [0, 0.05) is 10.6 Å². The van der Waals surface area contributed by atoms with Gasteiger partial charge in [-0.05, 0) is 69.7 Å². The summed E-state index contributed by atoms with van der Waals surface area (Å²) in [6.45, 7) is 0.490. The molecule has 0 radical (unpaired) electrons. The smallest absolute Gasteiger partial charge is 0.293 e. The van der Waals surface area contributed by atoms with Crippen molar-refractivity contribution in [2.24, 2.45) is 0 Å². The molecule has 0 unspecified atom stereocenters. The van der Waals surface area contributed by atoms with Gasteiger partial charge in [0.1, 0.15) is 19.0 Å². The first-order valence-electron chi connectivity index (χ1n) is 10.7.